The first kappa shape index (κ1) is 14.3. The van der Waals surface area contributed by atoms with Crippen molar-refractivity contribution in [2.45, 2.75) is 19.9 Å². The molecule has 1 unspecified atom stereocenters. The number of anilines is 1. The van der Waals surface area contributed by atoms with Crippen molar-refractivity contribution in [1.29, 1.82) is 0 Å². The molecule has 0 saturated carbocycles. The van der Waals surface area contributed by atoms with Crippen LogP contribution in [0.2, 0.25) is 5.02 Å². The van der Waals surface area contributed by atoms with E-state index in [4.69, 9.17) is 22.4 Å². The van der Waals surface area contributed by atoms with E-state index >= 15 is 0 Å². The summed E-state index contributed by atoms with van der Waals surface area (Å²) in [6, 6.07) is 3.80. The predicted octanol–water partition coefficient (Wildman–Crippen LogP) is 1.96. The van der Waals surface area contributed by atoms with Crippen LogP contribution in [0.4, 0.5) is 5.69 Å². The predicted molar refractivity (Wildman–Crippen MR) is 69.9 cm³/mol. The van der Waals surface area contributed by atoms with Gasteiger partial charge in [-0.2, -0.15) is 0 Å². The van der Waals surface area contributed by atoms with Gasteiger partial charge in [0.25, 0.3) is 0 Å². The molecule has 0 aromatic heterocycles. The van der Waals surface area contributed by atoms with Crippen LogP contribution in [-0.4, -0.2) is 23.0 Å². The van der Waals surface area contributed by atoms with Gasteiger partial charge in [-0.1, -0.05) is 25.4 Å². The highest BCUT2D eigenvalue weighted by molar-refractivity contribution is 6.34. The quantitative estimate of drug-likeness (QED) is 0.762. The number of carboxylic acids is 1. The smallest absolute Gasteiger partial charge is 0.326 e. The molecular weight excluding hydrogens is 256 g/mol. The van der Waals surface area contributed by atoms with Crippen molar-refractivity contribution in [3.63, 3.8) is 0 Å². The monoisotopic (exact) mass is 270 g/mol. The zero-order chi connectivity index (χ0) is 13.9. The first-order valence-electron chi connectivity index (χ1n) is 5.41. The topological polar surface area (TPSA) is 92.4 Å². The van der Waals surface area contributed by atoms with Crippen LogP contribution >= 0.6 is 11.6 Å². The fraction of sp³-hybridized carbons (Fsp3) is 0.333. The van der Waals surface area contributed by atoms with E-state index in [1.54, 1.807) is 19.9 Å². The summed E-state index contributed by atoms with van der Waals surface area (Å²) in [5.74, 6) is -1.65. The van der Waals surface area contributed by atoms with Crippen LogP contribution in [0.25, 0.3) is 0 Å². The summed E-state index contributed by atoms with van der Waals surface area (Å²) in [6.45, 7) is 3.59. The summed E-state index contributed by atoms with van der Waals surface area (Å²) < 4.78 is 0. The molecule has 0 aliphatic heterocycles. The van der Waals surface area contributed by atoms with E-state index in [2.05, 4.69) is 5.32 Å². The SMILES string of the molecule is CC(C)C(Nc1ccc(C(N)=O)c(Cl)c1)C(=O)O. The number of hydrogen-bond acceptors (Lipinski definition) is 3. The number of carbonyl (C=O) groups is 2. The van der Waals surface area contributed by atoms with Crippen LogP contribution in [0, 0.1) is 5.92 Å². The minimum absolute atomic E-state index is 0.0860. The Labute approximate surface area is 110 Å². The van der Waals surface area contributed by atoms with Crippen molar-refractivity contribution in [3.8, 4) is 0 Å². The molecule has 0 bridgehead atoms. The van der Waals surface area contributed by atoms with Gasteiger partial charge in [-0.25, -0.2) is 4.79 Å². The Balaban J connectivity index is 2.95. The molecule has 6 heteroatoms. The number of hydrogen-bond donors (Lipinski definition) is 3. The zero-order valence-corrected chi connectivity index (χ0v) is 10.9. The molecule has 4 N–H and O–H groups in total. The van der Waals surface area contributed by atoms with E-state index in [0.717, 1.165) is 0 Å². The highest BCUT2D eigenvalue weighted by Crippen LogP contribution is 2.22. The number of benzene rings is 1. The summed E-state index contributed by atoms with van der Waals surface area (Å²) in [5, 5.41) is 12.1. The molecule has 0 aliphatic rings. The fourth-order valence-electron chi connectivity index (χ4n) is 1.50. The number of amides is 1. The average Bonchev–Trinajstić information content (AvgIpc) is 2.24. The number of carboxylic acid groups (broad SMARTS) is 1. The maximum absolute atomic E-state index is 11.0. The van der Waals surface area contributed by atoms with Gasteiger partial charge in [0.05, 0.1) is 10.6 Å². The third-order valence-corrected chi connectivity index (χ3v) is 2.80. The molecule has 0 fully saturated rings. The number of nitrogens with one attached hydrogen (secondary N) is 1. The number of halogens is 1. The maximum Gasteiger partial charge on any atom is 0.326 e. The van der Waals surface area contributed by atoms with E-state index < -0.39 is 17.9 Å². The molecule has 0 spiro atoms. The van der Waals surface area contributed by atoms with Crippen molar-refractivity contribution in [1.82, 2.24) is 0 Å². The lowest BCUT2D eigenvalue weighted by Gasteiger charge is -2.19. The third kappa shape index (κ3) is 3.37. The second-order valence-electron chi connectivity index (χ2n) is 4.26. The van der Waals surface area contributed by atoms with Gasteiger partial charge in [0, 0.05) is 5.69 Å². The van der Waals surface area contributed by atoms with Crippen LogP contribution in [-0.2, 0) is 4.79 Å². The van der Waals surface area contributed by atoms with E-state index in [9.17, 15) is 9.59 Å². The van der Waals surface area contributed by atoms with Gasteiger partial charge < -0.3 is 16.2 Å². The van der Waals surface area contributed by atoms with Crippen molar-refractivity contribution in [2.75, 3.05) is 5.32 Å². The highest BCUT2D eigenvalue weighted by Gasteiger charge is 2.21. The van der Waals surface area contributed by atoms with E-state index in [-0.39, 0.29) is 16.5 Å². The molecule has 1 amide bonds. The fourth-order valence-corrected chi connectivity index (χ4v) is 1.77. The molecule has 0 saturated heterocycles. The molecule has 98 valence electrons. The van der Waals surface area contributed by atoms with Crippen LogP contribution in [0.3, 0.4) is 0 Å². The molecule has 0 radical (unpaired) electrons. The van der Waals surface area contributed by atoms with Gasteiger partial charge in [0.1, 0.15) is 6.04 Å². The Kier molecular flexibility index (Phi) is 4.55. The molecular formula is C12H15ClN2O3. The standard InChI is InChI=1S/C12H15ClN2O3/c1-6(2)10(12(17)18)15-7-3-4-8(11(14)16)9(13)5-7/h3-6,10,15H,1-2H3,(H2,14,16)(H,17,18). The minimum Gasteiger partial charge on any atom is -0.480 e. The maximum atomic E-state index is 11.0. The van der Waals surface area contributed by atoms with Gasteiger partial charge in [0.2, 0.25) is 5.91 Å². The summed E-state index contributed by atoms with van der Waals surface area (Å²) >= 11 is 5.88. The highest BCUT2D eigenvalue weighted by atomic mass is 35.5. The Morgan fingerprint density at radius 1 is 1.39 bits per heavy atom. The number of primary amides is 1. The van der Waals surface area contributed by atoms with Crippen molar-refractivity contribution in [3.05, 3.63) is 28.8 Å². The molecule has 1 aromatic rings. The van der Waals surface area contributed by atoms with E-state index in [1.807, 2.05) is 0 Å². The van der Waals surface area contributed by atoms with Gasteiger partial charge >= 0.3 is 5.97 Å². The largest absolute Gasteiger partial charge is 0.480 e. The molecule has 1 atom stereocenters. The summed E-state index contributed by atoms with van der Waals surface area (Å²) in [4.78, 5) is 22.0. The van der Waals surface area contributed by atoms with Gasteiger partial charge in [0.15, 0.2) is 0 Å². The average molecular weight is 271 g/mol. The molecule has 0 aliphatic carbocycles. The molecule has 1 rings (SSSR count). The summed E-state index contributed by atoms with van der Waals surface area (Å²) in [6.07, 6.45) is 0. The molecule has 1 aromatic carbocycles. The van der Waals surface area contributed by atoms with E-state index in [1.165, 1.54) is 12.1 Å². The van der Waals surface area contributed by atoms with E-state index in [0.29, 0.717) is 5.69 Å². The zero-order valence-electron chi connectivity index (χ0n) is 10.1. The van der Waals surface area contributed by atoms with Crippen molar-refractivity contribution >= 4 is 29.2 Å². The van der Waals surface area contributed by atoms with Crippen molar-refractivity contribution in [2.24, 2.45) is 11.7 Å². The second-order valence-corrected chi connectivity index (χ2v) is 4.67. The Morgan fingerprint density at radius 2 is 2.00 bits per heavy atom. The van der Waals surface area contributed by atoms with Crippen LogP contribution in [0.5, 0.6) is 0 Å². The number of aliphatic carboxylic acids is 1. The Bertz CT molecular complexity index is 474. The minimum atomic E-state index is -0.944. The van der Waals surface area contributed by atoms with Crippen LogP contribution < -0.4 is 11.1 Å². The van der Waals surface area contributed by atoms with Gasteiger partial charge in [-0.05, 0) is 24.1 Å². The third-order valence-electron chi connectivity index (χ3n) is 2.49. The van der Waals surface area contributed by atoms with Crippen LogP contribution in [0.1, 0.15) is 24.2 Å². The lowest BCUT2D eigenvalue weighted by molar-refractivity contribution is -0.138. The molecule has 0 heterocycles. The Morgan fingerprint density at radius 3 is 2.39 bits per heavy atom. The van der Waals surface area contributed by atoms with Gasteiger partial charge in [-0.15, -0.1) is 0 Å². The summed E-state index contributed by atoms with van der Waals surface area (Å²) in [7, 11) is 0. The van der Waals surface area contributed by atoms with Gasteiger partial charge in [-0.3, -0.25) is 4.79 Å². The normalized spacial score (nSPS) is 12.2. The number of carbonyl (C=O) groups excluding carboxylic acids is 1. The first-order chi connectivity index (χ1) is 8.32. The van der Waals surface area contributed by atoms with Crippen molar-refractivity contribution < 1.29 is 14.7 Å². The Hall–Kier alpha value is -1.75. The molecule has 18 heavy (non-hydrogen) atoms. The first-order valence-corrected chi connectivity index (χ1v) is 5.79. The lowest BCUT2D eigenvalue weighted by Crippen LogP contribution is -2.34. The second kappa shape index (κ2) is 5.73. The molecule has 5 nitrogen and oxygen atoms in total. The number of nitrogens with two attached hydrogens (primary N) is 1. The van der Waals surface area contributed by atoms with Crippen LogP contribution in [0.15, 0.2) is 18.2 Å². The summed E-state index contributed by atoms with van der Waals surface area (Å²) in [5.41, 5.74) is 5.86. The lowest BCUT2D eigenvalue weighted by atomic mass is 10.0. The number of rotatable bonds is 5.